The predicted octanol–water partition coefficient (Wildman–Crippen LogP) is 1.94. The molecule has 1 heterocycles. The molecule has 0 radical (unpaired) electrons. The summed E-state index contributed by atoms with van der Waals surface area (Å²) in [4.78, 5) is 14.1. The van der Waals surface area contributed by atoms with Crippen molar-refractivity contribution in [2.24, 2.45) is 0 Å². The van der Waals surface area contributed by atoms with Gasteiger partial charge in [-0.3, -0.25) is 4.79 Å². The van der Waals surface area contributed by atoms with Crippen molar-refractivity contribution in [3.8, 4) is 0 Å². The molecule has 1 aromatic rings. The fourth-order valence-corrected chi connectivity index (χ4v) is 2.69. The van der Waals surface area contributed by atoms with Gasteiger partial charge < -0.3 is 15.7 Å². The van der Waals surface area contributed by atoms with Gasteiger partial charge in [0, 0.05) is 28.8 Å². The van der Waals surface area contributed by atoms with Crippen LogP contribution in [0.4, 0.5) is 5.69 Å². The lowest BCUT2D eigenvalue weighted by Crippen LogP contribution is -2.34. The molecule has 1 fully saturated rings. The van der Waals surface area contributed by atoms with Gasteiger partial charge in [-0.2, -0.15) is 0 Å². The second kappa shape index (κ2) is 4.55. The summed E-state index contributed by atoms with van der Waals surface area (Å²) in [7, 11) is 0. The second-order valence-corrected chi connectivity index (χ2v) is 6.06. The minimum Gasteiger partial charge on any atom is -0.398 e. The molecule has 1 amide bonds. The number of halogens is 1. The number of benzene rings is 1. The number of rotatable bonds is 1. The lowest BCUT2D eigenvalue weighted by atomic mass is 10.1. The highest BCUT2D eigenvalue weighted by atomic mass is 79.9. The maximum Gasteiger partial charge on any atom is 0.254 e. The lowest BCUT2D eigenvalue weighted by molar-refractivity contribution is 0.0571. The summed E-state index contributed by atoms with van der Waals surface area (Å²) in [6.07, 6.45) is 0.612. The van der Waals surface area contributed by atoms with Crippen molar-refractivity contribution < 1.29 is 9.90 Å². The number of carbonyl (C=O) groups is 1. The van der Waals surface area contributed by atoms with E-state index in [4.69, 9.17) is 5.73 Å². The van der Waals surface area contributed by atoms with Gasteiger partial charge in [-0.1, -0.05) is 15.9 Å². The Morgan fingerprint density at radius 3 is 2.78 bits per heavy atom. The SMILES string of the molecule is Cc1c(N)cc(Br)cc1C(=O)N1CCC(C)(O)C1. The van der Waals surface area contributed by atoms with Gasteiger partial charge in [0.15, 0.2) is 0 Å². The van der Waals surface area contributed by atoms with E-state index in [-0.39, 0.29) is 5.91 Å². The van der Waals surface area contributed by atoms with Crippen LogP contribution in [0.3, 0.4) is 0 Å². The number of likely N-dealkylation sites (tertiary alicyclic amines) is 1. The molecule has 1 atom stereocenters. The van der Waals surface area contributed by atoms with Gasteiger partial charge in [0.2, 0.25) is 0 Å². The first kappa shape index (κ1) is 13.4. The summed E-state index contributed by atoms with van der Waals surface area (Å²) in [5.41, 5.74) is 7.06. The molecule has 4 nitrogen and oxygen atoms in total. The zero-order chi connectivity index (χ0) is 13.5. The topological polar surface area (TPSA) is 66.6 Å². The van der Waals surface area contributed by atoms with Gasteiger partial charge in [-0.25, -0.2) is 0 Å². The van der Waals surface area contributed by atoms with Gasteiger partial charge in [-0.05, 0) is 38.0 Å². The largest absolute Gasteiger partial charge is 0.398 e. The Labute approximate surface area is 115 Å². The zero-order valence-electron chi connectivity index (χ0n) is 10.5. The molecule has 0 aromatic heterocycles. The summed E-state index contributed by atoms with van der Waals surface area (Å²) < 4.78 is 0.792. The molecule has 1 saturated heterocycles. The first-order valence-corrected chi connectivity index (χ1v) is 6.67. The van der Waals surface area contributed by atoms with E-state index in [2.05, 4.69) is 15.9 Å². The van der Waals surface area contributed by atoms with Gasteiger partial charge in [0.05, 0.1) is 5.60 Å². The molecule has 1 unspecified atom stereocenters. The van der Waals surface area contributed by atoms with Crippen molar-refractivity contribution >= 4 is 27.5 Å². The van der Waals surface area contributed by atoms with E-state index in [1.165, 1.54) is 0 Å². The summed E-state index contributed by atoms with van der Waals surface area (Å²) >= 11 is 3.35. The molecule has 1 aromatic carbocycles. The summed E-state index contributed by atoms with van der Waals surface area (Å²) in [6.45, 7) is 4.54. The van der Waals surface area contributed by atoms with Gasteiger partial charge in [0.1, 0.15) is 0 Å². The predicted molar refractivity (Wildman–Crippen MR) is 74.4 cm³/mol. The van der Waals surface area contributed by atoms with E-state index >= 15 is 0 Å². The number of carbonyl (C=O) groups excluding carboxylic acids is 1. The fourth-order valence-electron chi connectivity index (χ4n) is 2.21. The van der Waals surface area contributed by atoms with Crippen molar-refractivity contribution in [2.45, 2.75) is 25.9 Å². The van der Waals surface area contributed by atoms with E-state index in [0.717, 1.165) is 10.0 Å². The summed E-state index contributed by atoms with van der Waals surface area (Å²) in [5.74, 6) is -0.0710. The number of β-amino-alcohol motifs (C(OH)–C–C–N with tert-alkyl or cyclic N) is 1. The van der Waals surface area contributed by atoms with E-state index in [0.29, 0.717) is 30.8 Å². The number of hydrogen-bond acceptors (Lipinski definition) is 3. The molecule has 1 aliphatic rings. The maximum atomic E-state index is 12.4. The van der Waals surface area contributed by atoms with Crippen LogP contribution in [0, 0.1) is 6.92 Å². The van der Waals surface area contributed by atoms with Gasteiger partial charge in [-0.15, -0.1) is 0 Å². The van der Waals surface area contributed by atoms with E-state index in [1.807, 2.05) is 6.92 Å². The Morgan fingerprint density at radius 1 is 1.56 bits per heavy atom. The van der Waals surface area contributed by atoms with E-state index in [9.17, 15) is 9.90 Å². The number of nitrogens with zero attached hydrogens (tertiary/aromatic N) is 1. The van der Waals surface area contributed by atoms with Crippen LogP contribution in [-0.4, -0.2) is 34.6 Å². The monoisotopic (exact) mass is 312 g/mol. The Bertz CT molecular complexity index is 500. The van der Waals surface area contributed by atoms with Gasteiger partial charge in [0.25, 0.3) is 5.91 Å². The molecule has 0 bridgehead atoms. The molecule has 3 N–H and O–H groups in total. The normalized spacial score (nSPS) is 23.4. The third-order valence-corrected chi connectivity index (χ3v) is 3.84. The minimum absolute atomic E-state index is 0.0710. The Balaban J connectivity index is 2.30. The summed E-state index contributed by atoms with van der Waals surface area (Å²) in [6, 6.07) is 3.56. The van der Waals surface area contributed by atoms with E-state index in [1.54, 1.807) is 24.0 Å². The maximum absolute atomic E-state index is 12.4. The van der Waals surface area contributed by atoms with Crippen LogP contribution in [0.15, 0.2) is 16.6 Å². The highest BCUT2D eigenvalue weighted by molar-refractivity contribution is 9.10. The van der Waals surface area contributed by atoms with Crippen molar-refractivity contribution in [2.75, 3.05) is 18.8 Å². The highest BCUT2D eigenvalue weighted by Crippen LogP contribution is 2.27. The number of nitrogens with two attached hydrogens (primary N) is 1. The Hall–Kier alpha value is -1.07. The quantitative estimate of drug-likeness (QED) is 0.779. The van der Waals surface area contributed by atoms with Crippen LogP contribution in [0.25, 0.3) is 0 Å². The van der Waals surface area contributed by atoms with Crippen molar-refractivity contribution in [3.05, 3.63) is 27.7 Å². The van der Waals surface area contributed by atoms with Crippen LogP contribution in [0.1, 0.15) is 29.3 Å². The Kier molecular flexibility index (Phi) is 3.38. The van der Waals surface area contributed by atoms with E-state index < -0.39 is 5.60 Å². The number of hydrogen-bond donors (Lipinski definition) is 2. The Morgan fingerprint density at radius 2 is 2.22 bits per heavy atom. The molecule has 0 aliphatic carbocycles. The third kappa shape index (κ3) is 2.52. The van der Waals surface area contributed by atoms with Crippen LogP contribution < -0.4 is 5.73 Å². The molecule has 0 saturated carbocycles. The molecular formula is C13H17BrN2O2. The summed E-state index contributed by atoms with van der Waals surface area (Å²) in [5, 5.41) is 9.91. The number of anilines is 1. The number of aliphatic hydroxyl groups is 1. The average Bonchev–Trinajstić information content (AvgIpc) is 2.63. The fraction of sp³-hybridized carbons (Fsp3) is 0.462. The van der Waals surface area contributed by atoms with Crippen LogP contribution in [0.5, 0.6) is 0 Å². The van der Waals surface area contributed by atoms with Crippen molar-refractivity contribution in [1.82, 2.24) is 4.90 Å². The van der Waals surface area contributed by atoms with Crippen LogP contribution in [-0.2, 0) is 0 Å². The minimum atomic E-state index is -0.777. The molecular weight excluding hydrogens is 296 g/mol. The molecule has 1 aliphatic heterocycles. The first-order valence-electron chi connectivity index (χ1n) is 5.87. The zero-order valence-corrected chi connectivity index (χ0v) is 12.1. The smallest absolute Gasteiger partial charge is 0.254 e. The number of nitrogen functional groups attached to an aromatic ring is 1. The van der Waals surface area contributed by atoms with Crippen molar-refractivity contribution in [3.63, 3.8) is 0 Å². The molecule has 0 spiro atoms. The molecule has 2 rings (SSSR count). The van der Waals surface area contributed by atoms with Gasteiger partial charge >= 0.3 is 0 Å². The third-order valence-electron chi connectivity index (χ3n) is 3.38. The second-order valence-electron chi connectivity index (χ2n) is 5.14. The molecule has 5 heteroatoms. The van der Waals surface area contributed by atoms with Crippen LogP contribution in [0.2, 0.25) is 0 Å². The highest BCUT2D eigenvalue weighted by Gasteiger charge is 2.34. The molecule has 18 heavy (non-hydrogen) atoms. The lowest BCUT2D eigenvalue weighted by Gasteiger charge is -2.20. The first-order chi connectivity index (χ1) is 8.30. The van der Waals surface area contributed by atoms with Crippen LogP contribution >= 0.6 is 15.9 Å². The average molecular weight is 313 g/mol. The number of amides is 1. The standard InChI is InChI=1S/C13H17BrN2O2/c1-8-10(5-9(14)6-11(8)15)12(17)16-4-3-13(2,18)7-16/h5-6,18H,3-4,7,15H2,1-2H3. The van der Waals surface area contributed by atoms with Crippen molar-refractivity contribution in [1.29, 1.82) is 0 Å². The molecule has 98 valence electrons.